The number of aromatic nitrogens is 3. The van der Waals surface area contributed by atoms with Crippen LogP contribution in [0.1, 0.15) is 0 Å². The third-order valence-corrected chi connectivity index (χ3v) is 0.687. The van der Waals surface area contributed by atoms with Gasteiger partial charge < -0.3 is 83.1 Å². The summed E-state index contributed by atoms with van der Waals surface area (Å²) >= 11 is 0. The summed E-state index contributed by atoms with van der Waals surface area (Å²) in [6, 6.07) is -0.833. The fraction of sp³-hybridized carbons (Fsp3) is 0. The van der Waals surface area contributed by atoms with Crippen LogP contribution in [0.4, 0.5) is 22.6 Å². The maximum atomic E-state index is 9.00. The van der Waals surface area contributed by atoms with Crippen LogP contribution in [0, 0.1) is 0 Å². The first kappa shape index (κ1) is 42.7. The zero-order valence-electron chi connectivity index (χ0n) is 9.76. The van der Waals surface area contributed by atoms with Crippen LogP contribution in [0.5, 0.6) is 0 Å². The largest absolute Gasteiger partial charge is 4.00 e. The first-order valence-corrected chi connectivity index (χ1v) is 3.28. The Bertz CT molecular complexity index is 281. The third-order valence-electron chi connectivity index (χ3n) is 0.687. The molecule has 0 atom stereocenters. The molecule has 0 bridgehead atoms. The Morgan fingerprint density at radius 3 is 0.950 bits per heavy atom. The fourth-order valence-electron chi connectivity index (χ4n) is 0.427. The first-order chi connectivity index (χ1) is 6.91. The van der Waals surface area contributed by atoms with Crippen LogP contribution < -0.4 is 78.3 Å². The summed E-state index contributed by atoms with van der Waals surface area (Å²) in [5.74, 6) is 0.125. The molecule has 10 N–H and O–H groups in total. The van der Waals surface area contributed by atoms with Crippen molar-refractivity contribution in [3.63, 3.8) is 0 Å². The topological polar surface area (TPSA) is 203 Å². The molecule has 0 aromatic carbocycles. The van der Waals surface area contributed by atoms with Gasteiger partial charge in [-0.25, -0.2) is 4.79 Å². The van der Waals surface area contributed by atoms with Gasteiger partial charge in [0.15, 0.2) is 0 Å². The van der Waals surface area contributed by atoms with Gasteiger partial charge >= 0.3 is 27.7 Å². The second-order valence-corrected chi connectivity index (χ2v) is 1.81. The molecule has 15 heteroatoms. The van der Waals surface area contributed by atoms with Crippen LogP contribution in [0.25, 0.3) is 0 Å². The average Bonchev–Trinajstić information content (AvgIpc) is 2.03. The van der Waals surface area contributed by atoms with Crippen LogP contribution in [0.2, 0.25) is 0 Å². The minimum atomic E-state index is -0.833. The number of anilines is 3. The monoisotopic (exact) mass is 404 g/mol. The molecule has 2 amide bonds. The Hall–Kier alpha value is -0.776. The van der Waals surface area contributed by atoms with E-state index in [4.69, 9.17) is 26.8 Å². The second-order valence-electron chi connectivity index (χ2n) is 1.81. The molecule has 0 fully saturated rings. The quantitative estimate of drug-likeness (QED) is 0.261. The Balaban J connectivity index is -0.0000000276. The Morgan fingerprint density at radius 1 is 0.750 bits per heavy atom. The number of amides is 2. The predicted molar refractivity (Wildman–Crippen MR) is 54.0 cm³/mol. The van der Waals surface area contributed by atoms with Crippen molar-refractivity contribution in [1.82, 2.24) is 15.0 Å². The molecule has 0 saturated carbocycles. The third kappa shape index (κ3) is 36.0. The van der Waals surface area contributed by atoms with Crippen LogP contribution >= 0.6 is 0 Å². The van der Waals surface area contributed by atoms with Crippen molar-refractivity contribution in [2.75, 3.05) is 17.2 Å². The molecule has 0 unspecified atom stereocenters. The molecule has 1 heterocycles. The van der Waals surface area contributed by atoms with E-state index in [-0.39, 0.29) is 89.2 Å². The zero-order chi connectivity index (χ0) is 12.4. The normalized spacial score (nSPS) is 5.60. The Morgan fingerprint density at radius 2 is 0.850 bits per heavy atom. The van der Waals surface area contributed by atoms with Crippen molar-refractivity contribution in [2.24, 2.45) is 11.5 Å². The predicted octanol–water partition coefficient (Wildman–Crippen LogP) is -14.5. The number of halogens is 4. The molecule has 1 aromatic heterocycles. The number of nitrogens with two attached hydrogens (primary N) is 5. The number of nitrogen functional groups attached to an aromatic ring is 3. The van der Waals surface area contributed by atoms with Crippen molar-refractivity contribution >= 4 is 30.7 Å². The molecular formula is C5H12Cl4N8O2Ti. The van der Waals surface area contributed by atoms with Gasteiger partial charge in [0.25, 0.3) is 0 Å². The summed E-state index contributed by atoms with van der Waals surface area (Å²) in [7, 11) is 0. The summed E-state index contributed by atoms with van der Waals surface area (Å²) in [5, 5.41) is 0. The molecule has 1 aromatic rings. The number of carbonyl (C=O) groups is 2. The van der Waals surface area contributed by atoms with Crippen molar-refractivity contribution < 1.29 is 80.9 Å². The van der Waals surface area contributed by atoms with E-state index in [9.17, 15) is 0 Å². The zero-order valence-corrected chi connectivity index (χ0v) is 14.3. The summed E-state index contributed by atoms with van der Waals surface area (Å²) < 4.78 is 0. The second kappa shape index (κ2) is 26.7. The van der Waals surface area contributed by atoms with Gasteiger partial charge in [0.1, 0.15) is 6.79 Å². The van der Waals surface area contributed by atoms with Crippen molar-refractivity contribution in [3.05, 3.63) is 0 Å². The van der Waals surface area contributed by atoms with E-state index in [1.54, 1.807) is 0 Å². The molecule has 20 heavy (non-hydrogen) atoms. The van der Waals surface area contributed by atoms with Crippen LogP contribution in [-0.2, 0) is 26.5 Å². The smallest absolute Gasteiger partial charge is 1.00 e. The van der Waals surface area contributed by atoms with Gasteiger partial charge in [-0.3, -0.25) is 0 Å². The molecule has 0 saturated heterocycles. The van der Waals surface area contributed by atoms with E-state index in [1.807, 2.05) is 6.79 Å². The van der Waals surface area contributed by atoms with E-state index in [2.05, 4.69) is 26.4 Å². The van der Waals surface area contributed by atoms with Gasteiger partial charge in [-0.2, -0.15) is 15.0 Å². The van der Waals surface area contributed by atoms with Crippen LogP contribution in [0.15, 0.2) is 0 Å². The molecule has 116 valence electrons. The fourth-order valence-corrected chi connectivity index (χ4v) is 0.427. The number of urea groups is 1. The molecule has 0 aliphatic rings. The molecular weight excluding hydrogens is 394 g/mol. The number of nitrogens with zero attached hydrogens (tertiary/aromatic N) is 3. The molecule has 10 nitrogen and oxygen atoms in total. The van der Waals surface area contributed by atoms with Gasteiger partial charge in [0, 0.05) is 0 Å². The van der Waals surface area contributed by atoms with E-state index >= 15 is 0 Å². The van der Waals surface area contributed by atoms with E-state index in [1.165, 1.54) is 0 Å². The summed E-state index contributed by atoms with van der Waals surface area (Å²) in [6.07, 6.45) is 0. The van der Waals surface area contributed by atoms with Crippen LogP contribution in [0.3, 0.4) is 0 Å². The minimum absolute atomic E-state index is 0. The minimum Gasteiger partial charge on any atom is -1.00 e. The van der Waals surface area contributed by atoms with Gasteiger partial charge in [-0.05, 0) is 0 Å². The maximum absolute atomic E-state index is 9.00. The standard InChI is InChI=1S/C3H6N6.CH4N2O.CH2O.4ClH.Ti/c4-1-7-2(5)9-3(6)8-1;2-1(3)4;1-2;;;;;/h(H6,4,5,6,7,8,9);(H4,2,3,4);1H2;4*1H;/q;;;;;;;+4/p-4. The molecule has 0 spiro atoms. The molecule has 0 aliphatic carbocycles. The number of carbonyl (C=O) groups excluding carboxylic acids is 2. The molecule has 0 radical (unpaired) electrons. The van der Waals surface area contributed by atoms with Crippen molar-refractivity contribution in [3.8, 4) is 0 Å². The SMILES string of the molecule is C=O.NC(N)=O.Nc1nc(N)nc(N)n1.[Cl-].[Cl-].[Cl-].[Cl-].[Ti+4]. The summed E-state index contributed by atoms with van der Waals surface area (Å²) in [4.78, 5) is 27.5. The van der Waals surface area contributed by atoms with E-state index < -0.39 is 6.03 Å². The average molecular weight is 406 g/mol. The Kier molecular flexibility index (Phi) is 57.1. The van der Waals surface area contributed by atoms with Gasteiger partial charge in [-0.15, -0.1) is 0 Å². The molecule has 0 aliphatic heterocycles. The number of rotatable bonds is 0. The van der Waals surface area contributed by atoms with Gasteiger partial charge in [-0.1, -0.05) is 0 Å². The van der Waals surface area contributed by atoms with Crippen molar-refractivity contribution in [1.29, 1.82) is 0 Å². The first-order valence-electron chi connectivity index (χ1n) is 3.28. The Labute approximate surface area is 154 Å². The van der Waals surface area contributed by atoms with Crippen molar-refractivity contribution in [2.45, 2.75) is 0 Å². The van der Waals surface area contributed by atoms with Gasteiger partial charge in [0.05, 0.1) is 0 Å². The van der Waals surface area contributed by atoms with Crippen LogP contribution in [-0.4, -0.2) is 27.8 Å². The van der Waals surface area contributed by atoms with Gasteiger partial charge in [0.2, 0.25) is 17.8 Å². The van der Waals surface area contributed by atoms with E-state index in [0.717, 1.165) is 0 Å². The maximum Gasteiger partial charge on any atom is 4.00 e. The molecule has 1 rings (SSSR count). The van der Waals surface area contributed by atoms with E-state index in [0.29, 0.717) is 0 Å². The summed E-state index contributed by atoms with van der Waals surface area (Å²) in [5.41, 5.74) is 23.9. The number of hydrogen-bond donors (Lipinski definition) is 5. The number of hydrogen-bond acceptors (Lipinski definition) is 8. The summed E-state index contributed by atoms with van der Waals surface area (Å²) in [6.45, 7) is 2.00. The number of primary amides is 2.